The molecule has 0 aromatic heterocycles. The molecule has 1 aliphatic carbocycles. The maximum atomic E-state index is 9.56. The van der Waals surface area contributed by atoms with E-state index in [4.69, 9.17) is 4.74 Å². The Hall–Kier alpha value is -0.120. The molecule has 90 valence electrons. The molecular formula is C12H25NO2. The van der Waals surface area contributed by atoms with E-state index >= 15 is 0 Å². The lowest BCUT2D eigenvalue weighted by Gasteiger charge is -2.41. The second-order valence-electron chi connectivity index (χ2n) is 4.91. The molecule has 3 nitrogen and oxygen atoms in total. The number of nitrogens with one attached hydrogen (secondary N) is 1. The normalized spacial score (nSPS) is 32.2. The van der Waals surface area contributed by atoms with Crippen molar-refractivity contribution < 1.29 is 9.84 Å². The van der Waals surface area contributed by atoms with Gasteiger partial charge in [0.25, 0.3) is 0 Å². The van der Waals surface area contributed by atoms with Crippen LogP contribution in [0.15, 0.2) is 0 Å². The third-order valence-corrected chi connectivity index (χ3v) is 3.10. The lowest BCUT2D eigenvalue weighted by atomic mass is 9.80. The standard InChI is InChI=1S/C12H25NO2/c1-4-15-11-6-5-7-12(8-11,9-14)13-10(2)3/h10-11,13-14H,4-9H2,1-3H3. The van der Waals surface area contributed by atoms with Gasteiger partial charge in [-0.25, -0.2) is 0 Å². The van der Waals surface area contributed by atoms with E-state index in [1.165, 1.54) is 0 Å². The van der Waals surface area contributed by atoms with E-state index in [9.17, 15) is 5.11 Å². The Bertz CT molecular complexity index is 182. The topological polar surface area (TPSA) is 41.5 Å². The average Bonchev–Trinajstić information content (AvgIpc) is 2.18. The zero-order valence-electron chi connectivity index (χ0n) is 10.3. The van der Waals surface area contributed by atoms with Gasteiger partial charge in [-0.05, 0) is 32.6 Å². The Kier molecular flexibility index (Phi) is 5.03. The monoisotopic (exact) mass is 215 g/mol. The lowest BCUT2D eigenvalue weighted by molar-refractivity contribution is -0.0129. The fourth-order valence-electron chi connectivity index (χ4n) is 2.62. The molecule has 0 heterocycles. The van der Waals surface area contributed by atoms with Crippen molar-refractivity contribution in [2.45, 2.75) is 64.1 Å². The first-order chi connectivity index (χ1) is 7.12. The van der Waals surface area contributed by atoms with Crippen LogP contribution < -0.4 is 5.32 Å². The van der Waals surface area contributed by atoms with Gasteiger partial charge in [-0.1, -0.05) is 13.8 Å². The van der Waals surface area contributed by atoms with Crippen molar-refractivity contribution in [3.05, 3.63) is 0 Å². The van der Waals surface area contributed by atoms with Gasteiger partial charge in [-0.15, -0.1) is 0 Å². The highest BCUT2D eigenvalue weighted by molar-refractivity contribution is 4.94. The van der Waals surface area contributed by atoms with E-state index in [-0.39, 0.29) is 12.1 Å². The van der Waals surface area contributed by atoms with Crippen LogP contribution in [0.4, 0.5) is 0 Å². The molecule has 2 N–H and O–H groups in total. The quantitative estimate of drug-likeness (QED) is 0.733. The molecule has 0 aliphatic heterocycles. The van der Waals surface area contributed by atoms with Gasteiger partial charge in [0.1, 0.15) is 0 Å². The SMILES string of the molecule is CCOC1CCCC(CO)(NC(C)C)C1. The summed E-state index contributed by atoms with van der Waals surface area (Å²) in [5.41, 5.74) is -0.105. The Balaban J connectivity index is 2.55. The zero-order chi connectivity index (χ0) is 11.3. The van der Waals surface area contributed by atoms with Crippen molar-refractivity contribution >= 4 is 0 Å². The summed E-state index contributed by atoms with van der Waals surface area (Å²) in [5.74, 6) is 0. The highest BCUT2D eigenvalue weighted by Gasteiger charge is 2.36. The molecule has 0 aromatic carbocycles. The Labute approximate surface area is 93.2 Å². The van der Waals surface area contributed by atoms with Crippen molar-refractivity contribution in [3.63, 3.8) is 0 Å². The average molecular weight is 215 g/mol. The van der Waals surface area contributed by atoms with Crippen LogP contribution in [0.25, 0.3) is 0 Å². The van der Waals surface area contributed by atoms with Crippen LogP contribution in [-0.4, -0.2) is 36.0 Å². The molecule has 0 aromatic rings. The number of ether oxygens (including phenoxy) is 1. The van der Waals surface area contributed by atoms with Crippen molar-refractivity contribution in [3.8, 4) is 0 Å². The minimum atomic E-state index is -0.105. The lowest BCUT2D eigenvalue weighted by Crippen LogP contribution is -2.55. The van der Waals surface area contributed by atoms with Gasteiger partial charge in [-0.2, -0.15) is 0 Å². The number of rotatable bonds is 5. The van der Waals surface area contributed by atoms with Crippen LogP contribution in [0.5, 0.6) is 0 Å². The molecule has 1 fully saturated rings. The summed E-state index contributed by atoms with van der Waals surface area (Å²) in [6, 6.07) is 0.414. The summed E-state index contributed by atoms with van der Waals surface area (Å²) in [4.78, 5) is 0. The molecule has 2 unspecified atom stereocenters. The number of aliphatic hydroxyl groups is 1. The van der Waals surface area contributed by atoms with Crippen LogP contribution in [0.1, 0.15) is 46.5 Å². The molecule has 1 rings (SSSR count). The third kappa shape index (κ3) is 3.74. The van der Waals surface area contributed by atoms with Gasteiger partial charge in [0.2, 0.25) is 0 Å². The van der Waals surface area contributed by atoms with Gasteiger partial charge in [0.15, 0.2) is 0 Å². The van der Waals surface area contributed by atoms with Gasteiger partial charge in [-0.3, -0.25) is 0 Å². The molecule has 0 amide bonds. The fourth-order valence-corrected chi connectivity index (χ4v) is 2.62. The molecular weight excluding hydrogens is 190 g/mol. The highest BCUT2D eigenvalue weighted by Crippen LogP contribution is 2.30. The van der Waals surface area contributed by atoms with Crippen molar-refractivity contribution in [2.75, 3.05) is 13.2 Å². The first-order valence-electron chi connectivity index (χ1n) is 6.12. The molecule has 2 atom stereocenters. The molecule has 0 bridgehead atoms. The molecule has 1 aliphatic rings. The smallest absolute Gasteiger partial charge is 0.0614 e. The van der Waals surface area contributed by atoms with E-state index in [1.807, 2.05) is 6.92 Å². The van der Waals surface area contributed by atoms with Crippen LogP contribution in [0, 0.1) is 0 Å². The number of hydrogen-bond donors (Lipinski definition) is 2. The molecule has 0 saturated heterocycles. The molecule has 0 spiro atoms. The second kappa shape index (κ2) is 5.83. The zero-order valence-corrected chi connectivity index (χ0v) is 10.3. The van der Waals surface area contributed by atoms with Gasteiger partial charge in [0, 0.05) is 18.2 Å². The van der Waals surface area contributed by atoms with Crippen LogP contribution in [0.3, 0.4) is 0 Å². The van der Waals surface area contributed by atoms with Crippen molar-refractivity contribution in [1.82, 2.24) is 5.32 Å². The maximum Gasteiger partial charge on any atom is 0.0614 e. The minimum Gasteiger partial charge on any atom is -0.394 e. The first kappa shape index (κ1) is 12.9. The van der Waals surface area contributed by atoms with Gasteiger partial charge < -0.3 is 15.2 Å². The van der Waals surface area contributed by atoms with Crippen LogP contribution in [0.2, 0.25) is 0 Å². The molecule has 1 saturated carbocycles. The maximum absolute atomic E-state index is 9.56. The minimum absolute atomic E-state index is 0.105. The summed E-state index contributed by atoms with van der Waals surface area (Å²) < 4.78 is 5.67. The predicted octanol–water partition coefficient (Wildman–Crippen LogP) is 1.69. The molecule has 0 radical (unpaired) electrons. The number of hydrogen-bond acceptors (Lipinski definition) is 3. The largest absolute Gasteiger partial charge is 0.394 e. The predicted molar refractivity (Wildman–Crippen MR) is 62.0 cm³/mol. The van der Waals surface area contributed by atoms with Crippen LogP contribution in [-0.2, 0) is 4.74 Å². The van der Waals surface area contributed by atoms with E-state index in [2.05, 4.69) is 19.2 Å². The van der Waals surface area contributed by atoms with E-state index in [0.29, 0.717) is 12.1 Å². The van der Waals surface area contributed by atoms with Crippen molar-refractivity contribution in [2.24, 2.45) is 0 Å². The molecule has 15 heavy (non-hydrogen) atoms. The fraction of sp³-hybridized carbons (Fsp3) is 1.00. The first-order valence-corrected chi connectivity index (χ1v) is 6.12. The summed E-state index contributed by atoms with van der Waals surface area (Å²) in [6.07, 6.45) is 4.60. The van der Waals surface area contributed by atoms with Crippen LogP contribution >= 0.6 is 0 Å². The summed E-state index contributed by atoms with van der Waals surface area (Å²) in [5, 5.41) is 13.1. The highest BCUT2D eigenvalue weighted by atomic mass is 16.5. The molecule has 3 heteroatoms. The summed E-state index contributed by atoms with van der Waals surface area (Å²) >= 11 is 0. The third-order valence-electron chi connectivity index (χ3n) is 3.10. The van der Waals surface area contributed by atoms with E-state index < -0.39 is 0 Å². The Morgan fingerprint density at radius 2 is 2.27 bits per heavy atom. The van der Waals surface area contributed by atoms with E-state index in [0.717, 1.165) is 32.3 Å². The van der Waals surface area contributed by atoms with E-state index in [1.54, 1.807) is 0 Å². The van der Waals surface area contributed by atoms with Gasteiger partial charge >= 0.3 is 0 Å². The second-order valence-corrected chi connectivity index (χ2v) is 4.91. The number of aliphatic hydroxyl groups excluding tert-OH is 1. The summed E-state index contributed by atoms with van der Waals surface area (Å²) in [6.45, 7) is 7.27. The Morgan fingerprint density at radius 3 is 2.80 bits per heavy atom. The van der Waals surface area contributed by atoms with Gasteiger partial charge in [0.05, 0.1) is 12.7 Å². The Morgan fingerprint density at radius 1 is 1.53 bits per heavy atom. The van der Waals surface area contributed by atoms with Crippen molar-refractivity contribution in [1.29, 1.82) is 0 Å². The summed E-state index contributed by atoms with van der Waals surface area (Å²) in [7, 11) is 0.